The second kappa shape index (κ2) is 4.90. The van der Waals surface area contributed by atoms with Crippen LogP contribution in [0.25, 0.3) is 0 Å². The van der Waals surface area contributed by atoms with E-state index in [1.54, 1.807) is 6.07 Å². The Kier molecular flexibility index (Phi) is 3.32. The molecule has 0 fully saturated rings. The maximum Gasteiger partial charge on any atom is 0.101 e. The Hall–Kier alpha value is -1.98. The van der Waals surface area contributed by atoms with Gasteiger partial charge in [0.05, 0.1) is 22.0 Å². The van der Waals surface area contributed by atoms with Crippen LogP contribution in [0.15, 0.2) is 42.5 Å². The molecule has 2 aromatic carbocycles. The summed E-state index contributed by atoms with van der Waals surface area (Å²) < 4.78 is 0. The molecule has 84 valence electrons. The molecule has 0 unspecified atom stereocenters. The Morgan fingerprint density at radius 2 is 1.88 bits per heavy atom. The van der Waals surface area contributed by atoms with Crippen molar-refractivity contribution < 1.29 is 0 Å². The molecule has 0 bridgehead atoms. The Balaban J connectivity index is 2.40. The first-order valence-electron chi connectivity index (χ1n) is 5.23. The Morgan fingerprint density at radius 3 is 2.59 bits per heavy atom. The number of halogens is 1. The molecule has 0 radical (unpaired) electrons. The van der Waals surface area contributed by atoms with Crippen molar-refractivity contribution in [2.24, 2.45) is 0 Å². The van der Waals surface area contributed by atoms with E-state index in [2.05, 4.69) is 11.4 Å². The van der Waals surface area contributed by atoms with Gasteiger partial charge in [-0.1, -0.05) is 29.8 Å². The summed E-state index contributed by atoms with van der Waals surface area (Å²) in [5, 5.41) is 12.8. The lowest BCUT2D eigenvalue weighted by atomic mass is 10.1. The predicted molar refractivity (Wildman–Crippen MR) is 70.6 cm³/mol. The fraction of sp³-hybridized carbons (Fsp3) is 0.0714. The fourth-order valence-corrected chi connectivity index (χ4v) is 1.75. The molecule has 0 aliphatic rings. The van der Waals surface area contributed by atoms with E-state index in [0.29, 0.717) is 10.6 Å². The standard InChI is InChI=1S/C14H11ClN2/c1-10-6-7-11(9-16)14(8-10)17-13-5-3-2-4-12(13)15/h2-8,17H,1H3. The number of hydrogen-bond acceptors (Lipinski definition) is 2. The van der Waals surface area contributed by atoms with E-state index in [-0.39, 0.29) is 0 Å². The number of aryl methyl sites for hydroxylation is 1. The van der Waals surface area contributed by atoms with Gasteiger partial charge in [-0.2, -0.15) is 5.26 Å². The predicted octanol–water partition coefficient (Wildman–Crippen LogP) is 4.26. The van der Waals surface area contributed by atoms with E-state index in [1.165, 1.54) is 0 Å². The maximum atomic E-state index is 9.03. The topological polar surface area (TPSA) is 35.8 Å². The zero-order valence-electron chi connectivity index (χ0n) is 9.37. The van der Waals surface area contributed by atoms with Crippen molar-refractivity contribution in [2.75, 3.05) is 5.32 Å². The van der Waals surface area contributed by atoms with Gasteiger partial charge in [0.25, 0.3) is 0 Å². The normalized spacial score (nSPS) is 9.71. The van der Waals surface area contributed by atoms with Crippen molar-refractivity contribution in [1.29, 1.82) is 5.26 Å². The average molecular weight is 243 g/mol. The SMILES string of the molecule is Cc1ccc(C#N)c(Nc2ccccc2Cl)c1. The minimum atomic E-state index is 0.607. The molecule has 0 heterocycles. The molecule has 3 heteroatoms. The van der Waals surface area contributed by atoms with E-state index in [0.717, 1.165) is 16.9 Å². The van der Waals surface area contributed by atoms with Gasteiger partial charge in [-0.05, 0) is 36.8 Å². The number of anilines is 2. The third-order valence-electron chi connectivity index (χ3n) is 2.44. The summed E-state index contributed by atoms with van der Waals surface area (Å²) in [6.07, 6.45) is 0. The number of para-hydroxylation sites is 1. The molecule has 17 heavy (non-hydrogen) atoms. The van der Waals surface area contributed by atoms with Crippen LogP contribution in [0.5, 0.6) is 0 Å². The van der Waals surface area contributed by atoms with Gasteiger partial charge in [0, 0.05) is 0 Å². The molecule has 2 nitrogen and oxygen atoms in total. The van der Waals surface area contributed by atoms with Gasteiger partial charge in [0.15, 0.2) is 0 Å². The quantitative estimate of drug-likeness (QED) is 0.854. The largest absolute Gasteiger partial charge is 0.353 e. The fourth-order valence-electron chi connectivity index (χ4n) is 1.57. The maximum absolute atomic E-state index is 9.03. The van der Waals surface area contributed by atoms with Crippen LogP contribution >= 0.6 is 11.6 Å². The highest BCUT2D eigenvalue weighted by Crippen LogP contribution is 2.27. The second-order valence-electron chi connectivity index (χ2n) is 3.77. The van der Waals surface area contributed by atoms with Gasteiger partial charge in [0.1, 0.15) is 6.07 Å². The summed E-state index contributed by atoms with van der Waals surface area (Å²) >= 11 is 6.06. The number of rotatable bonds is 2. The van der Waals surface area contributed by atoms with Crippen LogP contribution in [0.4, 0.5) is 11.4 Å². The summed E-state index contributed by atoms with van der Waals surface area (Å²) in [5.41, 5.74) is 3.28. The highest BCUT2D eigenvalue weighted by atomic mass is 35.5. The Morgan fingerprint density at radius 1 is 1.12 bits per heavy atom. The highest BCUT2D eigenvalue weighted by molar-refractivity contribution is 6.33. The van der Waals surface area contributed by atoms with E-state index in [9.17, 15) is 0 Å². The summed E-state index contributed by atoms with van der Waals surface area (Å²) in [5.74, 6) is 0. The van der Waals surface area contributed by atoms with Gasteiger partial charge < -0.3 is 5.32 Å². The van der Waals surface area contributed by atoms with Crippen molar-refractivity contribution in [1.82, 2.24) is 0 Å². The van der Waals surface area contributed by atoms with Crippen molar-refractivity contribution in [3.8, 4) is 6.07 Å². The van der Waals surface area contributed by atoms with Crippen LogP contribution in [-0.4, -0.2) is 0 Å². The van der Waals surface area contributed by atoms with Crippen molar-refractivity contribution in [2.45, 2.75) is 6.92 Å². The third-order valence-corrected chi connectivity index (χ3v) is 2.77. The summed E-state index contributed by atoms with van der Waals surface area (Å²) in [4.78, 5) is 0. The molecule has 0 spiro atoms. The molecule has 0 amide bonds. The molecule has 0 aliphatic carbocycles. The third kappa shape index (κ3) is 2.58. The molecule has 0 atom stereocenters. The molecule has 0 aromatic heterocycles. The van der Waals surface area contributed by atoms with Gasteiger partial charge in [0.2, 0.25) is 0 Å². The van der Waals surface area contributed by atoms with Gasteiger partial charge in [-0.25, -0.2) is 0 Å². The lowest BCUT2D eigenvalue weighted by Gasteiger charge is -2.10. The molecule has 0 saturated heterocycles. The van der Waals surface area contributed by atoms with Crippen molar-refractivity contribution in [3.05, 3.63) is 58.6 Å². The van der Waals surface area contributed by atoms with Crippen LogP contribution in [0.2, 0.25) is 5.02 Å². The molecular formula is C14H11ClN2. The van der Waals surface area contributed by atoms with Crippen LogP contribution < -0.4 is 5.32 Å². The van der Waals surface area contributed by atoms with E-state index in [1.807, 2.05) is 43.3 Å². The summed E-state index contributed by atoms with van der Waals surface area (Å²) in [7, 11) is 0. The van der Waals surface area contributed by atoms with E-state index < -0.39 is 0 Å². The number of nitriles is 1. The molecular weight excluding hydrogens is 232 g/mol. The number of hydrogen-bond donors (Lipinski definition) is 1. The minimum Gasteiger partial charge on any atom is -0.353 e. The monoisotopic (exact) mass is 242 g/mol. The smallest absolute Gasteiger partial charge is 0.101 e. The van der Waals surface area contributed by atoms with E-state index >= 15 is 0 Å². The molecule has 2 aromatic rings. The van der Waals surface area contributed by atoms with Crippen LogP contribution in [0.1, 0.15) is 11.1 Å². The Labute approximate surface area is 105 Å². The van der Waals surface area contributed by atoms with Crippen LogP contribution in [0.3, 0.4) is 0 Å². The van der Waals surface area contributed by atoms with E-state index in [4.69, 9.17) is 16.9 Å². The Bertz CT molecular complexity index is 585. The molecule has 2 rings (SSSR count). The molecule has 0 aliphatic heterocycles. The van der Waals surface area contributed by atoms with Crippen molar-refractivity contribution in [3.63, 3.8) is 0 Å². The number of nitrogens with zero attached hydrogens (tertiary/aromatic N) is 1. The lowest BCUT2D eigenvalue weighted by molar-refractivity contribution is 1.41. The molecule has 1 N–H and O–H groups in total. The van der Waals surface area contributed by atoms with Gasteiger partial charge in [-0.3, -0.25) is 0 Å². The lowest BCUT2D eigenvalue weighted by Crippen LogP contribution is -1.94. The second-order valence-corrected chi connectivity index (χ2v) is 4.17. The number of nitrogens with one attached hydrogen (secondary N) is 1. The zero-order valence-corrected chi connectivity index (χ0v) is 10.1. The minimum absolute atomic E-state index is 0.607. The van der Waals surface area contributed by atoms with Crippen LogP contribution in [0, 0.1) is 18.3 Å². The first-order valence-corrected chi connectivity index (χ1v) is 5.61. The summed E-state index contributed by atoms with van der Waals surface area (Å²) in [6.45, 7) is 1.99. The summed E-state index contributed by atoms with van der Waals surface area (Å²) in [6, 6.07) is 15.3. The van der Waals surface area contributed by atoms with Gasteiger partial charge in [-0.15, -0.1) is 0 Å². The first-order chi connectivity index (χ1) is 8.20. The average Bonchev–Trinajstić information content (AvgIpc) is 2.32. The first kappa shape index (κ1) is 11.5. The van der Waals surface area contributed by atoms with Crippen LogP contribution in [-0.2, 0) is 0 Å². The zero-order chi connectivity index (χ0) is 12.3. The van der Waals surface area contributed by atoms with Crippen molar-refractivity contribution >= 4 is 23.0 Å². The number of benzene rings is 2. The van der Waals surface area contributed by atoms with Gasteiger partial charge >= 0.3 is 0 Å². The highest BCUT2D eigenvalue weighted by Gasteiger charge is 2.04. The molecule has 0 saturated carbocycles.